The highest BCUT2D eigenvalue weighted by molar-refractivity contribution is 5.73. The molecule has 3 heteroatoms. The van der Waals surface area contributed by atoms with Gasteiger partial charge in [-0.2, -0.15) is 5.26 Å². The number of rotatable bonds is 3. The second kappa shape index (κ2) is 6.21. The Morgan fingerprint density at radius 1 is 1.09 bits per heavy atom. The minimum Gasteiger partial charge on any atom is -0.389 e. The van der Waals surface area contributed by atoms with Gasteiger partial charge in [0.05, 0.1) is 17.4 Å². The Morgan fingerprint density at radius 2 is 1.82 bits per heavy atom. The molecule has 3 rings (SSSR count). The zero-order chi connectivity index (χ0) is 15.5. The highest BCUT2D eigenvalue weighted by Gasteiger charge is 2.16. The Hall–Kier alpha value is -2.31. The molecule has 0 aromatic heterocycles. The third-order valence-electron chi connectivity index (χ3n) is 4.27. The molecule has 0 spiro atoms. The van der Waals surface area contributed by atoms with Crippen LogP contribution >= 0.6 is 0 Å². The Kier molecular flexibility index (Phi) is 4.13. The van der Waals surface area contributed by atoms with Gasteiger partial charge in [0.25, 0.3) is 0 Å². The summed E-state index contributed by atoms with van der Waals surface area (Å²) in [7, 11) is 0. The molecule has 1 aliphatic rings. The van der Waals surface area contributed by atoms with Crippen LogP contribution in [0.1, 0.15) is 37.0 Å². The third kappa shape index (κ3) is 2.84. The van der Waals surface area contributed by atoms with Crippen molar-refractivity contribution in [1.29, 1.82) is 5.26 Å². The number of nitriles is 1. The Balaban J connectivity index is 2.03. The van der Waals surface area contributed by atoms with Crippen molar-refractivity contribution in [3.05, 3.63) is 53.6 Å². The van der Waals surface area contributed by atoms with E-state index in [4.69, 9.17) is 0 Å². The van der Waals surface area contributed by atoms with Gasteiger partial charge < -0.3 is 10.0 Å². The maximum absolute atomic E-state index is 9.75. The minimum absolute atomic E-state index is 0.476. The van der Waals surface area contributed by atoms with Gasteiger partial charge >= 0.3 is 0 Å². The molecule has 2 aromatic rings. The van der Waals surface area contributed by atoms with E-state index in [1.807, 2.05) is 36.4 Å². The van der Waals surface area contributed by atoms with E-state index >= 15 is 0 Å². The van der Waals surface area contributed by atoms with Crippen molar-refractivity contribution in [2.75, 3.05) is 18.0 Å². The molecule has 0 saturated carbocycles. The van der Waals surface area contributed by atoms with Crippen molar-refractivity contribution in [2.24, 2.45) is 0 Å². The van der Waals surface area contributed by atoms with Crippen LogP contribution in [-0.2, 0) is 0 Å². The Bertz CT molecular complexity index is 710. The summed E-state index contributed by atoms with van der Waals surface area (Å²) < 4.78 is 0. The largest absolute Gasteiger partial charge is 0.389 e. The van der Waals surface area contributed by atoms with Crippen molar-refractivity contribution in [3.63, 3.8) is 0 Å². The van der Waals surface area contributed by atoms with Crippen LogP contribution in [0.15, 0.2) is 42.5 Å². The number of anilines is 1. The zero-order valence-electron chi connectivity index (χ0n) is 12.8. The molecule has 112 valence electrons. The van der Waals surface area contributed by atoms with E-state index in [9.17, 15) is 10.4 Å². The lowest BCUT2D eigenvalue weighted by atomic mass is 9.99. The molecule has 3 nitrogen and oxygen atoms in total. The normalized spacial score (nSPS) is 15.6. The fourth-order valence-electron chi connectivity index (χ4n) is 3.00. The summed E-state index contributed by atoms with van der Waals surface area (Å²) in [6.07, 6.45) is 1.90. The van der Waals surface area contributed by atoms with Gasteiger partial charge in [-0.15, -0.1) is 0 Å². The molecule has 1 unspecified atom stereocenters. The zero-order valence-corrected chi connectivity index (χ0v) is 12.8. The molecule has 1 heterocycles. The average molecular weight is 292 g/mol. The first kappa shape index (κ1) is 14.6. The molecule has 22 heavy (non-hydrogen) atoms. The molecule has 1 saturated heterocycles. The standard InChI is InChI=1S/C19H20N2O/c1-14(22)15-5-4-6-16(11-15)17-7-8-18(13-20)19(12-17)21-9-2-3-10-21/h4-8,11-12,14,22H,2-3,9-10H2,1H3. The lowest BCUT2D eigenvalue weighted by Crippen LogP contribution is -2.18. The monoisotopic (exact) mass is 292 g/mol. The van der Waals surface area contributed by atoms with Crippen LogP contribution in [0.25, 0.3) is 11.1 Å². The average Bonchev–Trinajstić information content (AvgIpc) is 3.08. The van der Waals surface area contributed by atoms with Crippen LogP contribution in [0.5, 0.6) is 0 Å². The van der Waals surface area contributed by atoms with Crippen LogP contribution < -0.4 is 4.90 Å². The molecular weight excluding hydrogens is 272 g/mol. The molecule has 1 aliphatic heterocycles. The van der Waals surface area contributed by atoms with E-state index in [1.54, 1.807) is 6.92 Å². The molecule has 0 amide bonds. The second-order valence-corrected chi connectivity index (χ2v) is 5.84. The second-order valence-electron chi connectivity index (χ2n) is 5.84. The van der Waals surface area contributed by atoms with E-state index in [1.165, 1.54) is 12.8 Å². The van der Waals surface area contributed by atoms with E-state index in [-0.39, 0.29) is 0 Å². The van der Waals surface area contributed by atoms with Gasteiger partial charge in [-0.25, -0.2) is 0 Å². The van der Waals surface area contributed by atoms with Gasteiger partial charge in [0.15, 0.2) is 0 Å². The van der Waals surface area contributed by atoms with Crippen molar-refractivity contribution >= 4 is 5.69 Å². The highest BCUT2D eigenvalue weighted by Crippen LogP contribution is 2.31. The van der Waals surface area contributed by atoms with E-state index in [2.05, 4.69) is 17.0 Å². The van der Waals surface area contributed by atoms with Gasteiger partial charge in [0.1, 0.15) is 6.07 Å². The maximum atomic E-state index is 9.75. The van der Waals surface area contributed by atoms with Crippen molar-refractivity contribution in [1.82, 2.24) is 0 Å². The predicted octanol–water partition coefficient (Wildman–Crippen LogP) is 3.88. The first-order valence-corrected chi connectivity index (χ1v) is 7.76. The minimum atomic E-state index is -0.476. The molecule has 1 N–H and O–H groups in total. The van der Waals surface area contributed by atoms with Crippen LogP contribution in [-0.4, -0.2) is 18.2 Å². The summed E-state index contributed by atoms with van der Waals surface area (Å²) in [5.41, 5.74) is 4.83. The quantitative estimate of drug-likeness (QED) is 0.934. The molecule has 0 aliphatic carbocycles. The SMILES string of the molecule is CC(O)c1cccc(-c2ccc(C#N)c(N3CCCC3)c2)c1. The number of nitrogens with zero attached hydrogens (tertiary/aromatic N) is 2. The predicted molar refractivity (Wildman–Crippen MR) is 88.7 cm³/mol. The maximum Gasteiger partial charge on any atom is 0.101 e. The van der Waals surface area contributed by atoms with Crippen molar-refractivity contribution in [3.8, 4) is 17.2 Å². The fourth-order valence-corrected chi connectivity index (χ4v) is 3.00. The highest BCUT2D eigenvalue weighted by atomic mass is 16.3. The summed E-state index contributed by atoms with van der Waals surface area (Å²) in [6.45, 7) is 3.81. The summed E-state index contributed by atoms with van der Waals surface area (Å²) >= 11 is 0. The number of aliphatic hydroxyl groups excluding tert-OH is 1. The number of aliphatic hydroxyl groups is 1. The van der Waals surface area contributed by atoms with Crippen molar-refractivity contribution in [2.45, 2.75) is 25.9 Å². The van der Waals surface area contributed by atoms with Crippen LogP contribution in [0.3, 0.4) is 0 Å². The Morgan fingerprint density at radius 3 is 2.50 bits per heavy atom. The Labute approximate surface area is 131 Å². The number of benzene rings is 2. The molecule has 1 atom stereocenters. The van der Waals surface area contributed by atoms with E-state index in [0.29, 0.717) is 0 Å². The van der Waals surface area contributed by atoms with Gasteiger partial charge in [-0.1, -0.05) is 24.3 Å². The number of hydrogen-bond donors (Lipinski definition) is 1. The summed E-state index contributed by atoms with van der Waals surface area (Å²) in [5, 5.41) is 19.1. The molecule has 2 aromatic carbocycles. The molecule has 1 fully saturated rings. The van der Waals surface area contributed by atoms with Gasteiger partial charge in [0, 0.05) is 13.1 Å². The fraction of sp³-hybridized carbons (Fsp3) is 0.316. The smallest absolute Gasteiger partial charge is 0.101 e. The topological polar surface area (TPSA) is 47.3 Å². The molecular formula is C19H20N2O. The van der Waals surface area contributed by atoms with Crippen molar-refractivity contribution < 1.29 is 5.11 Å². The summed E-state index contributed by atoms with van der Waals surface area (Å²) in [5.74, 6) is 0. The lowest BCUT2D eigenvalue weighted by molar-refractivity contribution is 0.199. The van der Waals surface area contributed by atoms with Gasteiger partial charge in [-0.05, 0) is 54.7 Å². The van der Waals surface area contributed by atoms with Crippen LogP contribution in [0, 0.1) is 11.3 Å². The molecule has 0 bridgehead atoms. The van der Waals surface area contributed by atoms with E-state index < -0.39 is 6.10 Å². The summed E-state index contributed by atoms with van der Waals surface area (Å²) in [6, 6.07) is 16.2. The summed E-state index contributed by atoms with van der Waals surface area (Å²) in [4.78, 5) is 2.29. The van der Waals surface area contributed by atoms with Gasteiger partial charge in [0.2, 0.25) is 0 Å². The first-order chi connectivity index (χ1) is 10.7. The third-order valence-corrected chi connectivity index (χ3v) is 4.27. The van der Waals surface area contributed by atoms with E-state index in [0.717, 1.165) is 41.0 Å². The lowest BCUT2D eigenvalue weighted by Gasteiger charge is -2.20. The van der Waals surface area contributed by atoms with Crippen LogP contribution in [0.4, 0.5) is 5.69 Å². The van der Waals surface area contributed by atoms with Gasteiger partial charge in [-0.3, -0.25) is 0 Å². The first-order valence-electron chi connectivity index (χ1n) is 7.76. The van der Waals surface area contributed by atoms with Crippen LogP contribution in [0.2, 0.25) is 0 Å². The molecule has 0 radical (unpaired) electrons. The number of hydrogen-bond acceptors (Lipinski definition) is 3.